The standard InChI is InChI=1S/C15H22N4O/c1-6-16-12(4)14-17-18-15(20-14)19(5)13-8-7-10(2)9-11(13)3/h7-9,12,16H,6H2,1-5H3. The number of hydrogen-bond donors (Lipinski definition) is 1. The average Bonchev–Trinajstić information content (AvgIpc) is 2.88. The lowest BCUT2D eigenvalue weighted by Crippen LogP contribution is -2.17. The van der Waals surface area contributed by atoms with E-state index in [1.165, 1.54) is 11.1 Å². The van der Waals surface area contributed by atoms with Crippen LogP contribution in [-0.2, 0) is 0 Å². The number of anilines is 2. The van der Waals surface area contributed by atoms with Crippen molar-refractivity contribution in [2.75, 3.05) is 18.5 Å². The number of hydrogen-bond acceptors (Lipinski definition) is 5. The maximum Gasteiger partial charge on any atom is 0.322 e. The zero-order valence-electron chi connectivity index (χ0n) is 12.8. The second-order valence-electron chi connectivity index (χ2n) is 5.05. The molecular weight excluding hydrogens is 252 g/mol. The fraction of sp³-hybridized carbons (Fsp3) is 0.467. The first-order valence-electron chi connectivity index (χ1n) is 6.90. The Morgan fingerprint density at radius 1 is 1.30 bits per heavy atom. The van der Waals surface area contributed by atoms with Gasteiger partial charge in [0, 0.05) is 12.7 Å². The van der Waals surface area contributed by atoms with Crippen LogP contribution < -0.4 is 10.2 Å². The van der Waals surface area contributed by atoms with Gasteiger partial charge in [-0.25, -0.2) is 0 Å². The van der Waals surface area contributed by atoms with Crippen molar-refractivity contribution < 1.29 is 4.42 Å². The molecule has 2 rings (SSSR count). The van der Waals surface area contributed by atoms with Crippen LogP contribution in [0.5, 0.6) is 0 Å². The predicted octanol–water partition coefficient (Wildman–Crippen LogP) is 3.12. The Morgan fingerprint density at radius 3 is 2.70 bits per heavy atom. The van der Waals surface area contributed by atoms with Crippen molar-refractivity contribution >= 4 is 11.7 Å². The smallest absolute Gasteiger partial charge is 0.322 e. The number of aryl methyl sites for hydroxylation is 2. The monoisotopic (exact) mass is 274 g/mol. The van der Waals surface area contributed by atoms with Crippen molar-refractivity contribution in [1.29, 1.82) is 0 Å². The van der Waals surface area contributed by atoms with Crippen LogP contribution in [0.1, 0.15) is 36.9 Å². The maximum atomic E-state index is 5.74. The molecule has 0 saturated heterocycles. The molecule has 108 valence electrons. The van der Waals surface area contributed by atoms with Gasteiger partial charge in [0.25, 0.3) is 0 Å². The zero-order chi connectivity index (χ0) is 14.7. The minimum atomic E-state index is 0.0637. The molecule has 1 heterocycles. The number of benzene rings is 1. The molecule has 1 unspecified atom stereocenters. The molecule has 0 spiro atoms. The highest BCUT2D eigenvalue weighted by atomic mass is 16.4. The second kappa shape index (κ2) is 6.05. The van der Waals surface area contributed by atoms with Crippen LogP contribution in [0, 0.1) is 13.8 Å². The van der Waals surface area contributed by atoms with Crippen LogP contribution in [0.15, 0.2) is 22.6 Å². The van der Waals surface area contributed by atoms with E-state index in [0.29, 0.717) is 11.9 Å². The highest BCUT2D eigenvalue weighted by molar-refractivity contribution is 5.60. The maximum absolute atomic E-state index is 5.74. The molecule has 0 aliphatic heterocycles. The molecule has 0 fully saturated rings. The molecule has 1 aromatic carbocycles. The zero-order valence-corrected chi connectivity index (χ0v) is 12.8. The van der Waals surface area contributed by atoms with Gasteiger partial charge in [-0.3, -0.25) is 4.90 Å². The van der Waals surface area contributed by atoms with Gasteiger partial charge in [0.2, 0.25) is 5.89 Å². The van der Waals surface area contributed by atoms with Crippen LogP contribution in [0.4, 0.5) is 11.7 Å². The predicted molar refractivity (Wildman–Crippen MR) is 80.4 cm³/mol. The number of aromatic nitrogens is 2. The van der Waals surface area contributed by atoms with Gasteiger partial charge in [-0.1, -0.05) is 29.7 Å². The van der Waals surface area contributed by atoms with E-state index in [1.54, 1.807) is 0 Å². The summed E-state index contributed by atoms with van der Waals surface area (Å²) in [5, 5.41) is 11.5. The first kappa shape index (κ1) is 14.5. The van der Waals surface area contributed by atoms with E-state index in [1.807, 2.05) is 18.9 Å². The third-order valence-corrected chi connectivity index (χ3v) is 3.31. The lowest BCUT2D eigenvalue weighted by atomic mass is 10.1. The first-order chi connectivity index (χ1) is 9.52. The third kappa shape index (κ3) is 2.99. The fourth-order valence-corrected chi connectivity index (χ4v) is 2.22. The summed E-state index contributed by atoms with van der Waals surface area (Å²) in [6.07, 6.45) is 0. The van der Waals surface area contributed by atoms with Gasteiger partial charge in [0.1, 0.15) is 0 Å². The molecule has 1 N–H and O–H groups in total. The molecule has 0 radical (unpaired) electrons. The molecule has 0 bridgehead atoms. The molecule has 20 heavy (non-hydrogen) atoms. The van der Waals surface area contributed by atoms with Gasteiger partial charge in [-0.15, -0.1) is 5.10 Å². The lowest BCUT2D eigenvalue weighted by Gasteiger charge is -2.17. The Balaban J connectivity index is 2.23. The Kier molecular flexibility index (Phi) is 4.39. The highest BCUT2D eigenvalue weighted by Crippen LogP contribution is 2.27. The summed E-state index contributed by atoms with van der Waals surface area (Å²) in [5.41, 5.74) is 3.50. The van der Waals surface area contributed by atoms with Crippen molar-refractivity contribution in [3.63, 3.8) is 0 Å². The summed E-state index contributed by atoms with van der Waals surface area (Å²) in [6, 6.07) is 6.87. The normalized spacial score (nSPS) is 12.4. The Bertz CT molecular complexity index is 579. The van der Waals surface area contributed by atoms with E-state index in [9.17, 15) is 0 Å². The SMILES string of the molecule is CCNC(C)c1nnc(N(C)c2ccc(C)cc2C)o1. The van der Waals surface area contributed by atoms with E-state index in [-0.39, 0.29) is 6.04 Å². The van der Waals surface area contributed by atoms with Gasteiger partial charge >= 0.3 is 6.01 Å². The summed E-state index contributed by atoms with van der Waals surface area (Å²) in [4.78, 5) is 1.92. The molecule has 0 aliphatic rings. The summed E-state index contributed by atoms with van der Waals surface area (Å²) in [7, 11) is 1.94. The van der Waals surface area contributed by atoms with Crippen LogP contribution in [0.2, 0.25) is 0 Å². The molecule has 0 aliphatic carbocycles. The Hall–Kier alpha value is -1.88. The van der Waals surface area contributed by atoms with Crippen molar-refractivity contribution in [3.8, 4) is 0 Å². The summed E-state index contributed by atoms with van der Waals surface area (Å²) in [5.74, 6) is 0.610. The van der Waals surface area contributed by atoms with Gasteiger partial charge < -0.3 is 9.73 Å². The molecular formula is C15H22N4O. The van der Waals surface area contributed by atoms with Crippen LogP contribution in [0.25, 0.3) is 0 Å². The van der Waals surface area contributed by atoms with Gasteiger partial charge in [0.05, 0.1) is 6.04 Å². The van der Waals surface area contributed by atoms with Crippen molar-refractivity contribution in [2.45, 2.75) is 33.7 Å². The van der Waals surface area contributed by atoms with Crippen molar-refractivity contribution in [1.82, 2.24) is 15.5 Å². The van der Waals surface area contributed by atoms with Crippen molar-refractivity contribution in [2.24, 2.45) is 0 Å². The topological polar surface area (TPSA) is 54.2 Å². The molecule has 1 aromatic heterocycles. The van der Waals surface area contributed by atoms with Gasteiger partial charge in [0.15, 0.2) is 0 Å². The third-order valence-electron chi connectivity index (χ3n) is 3.31. The molecule has 0 amide bonds. The Labute approximate surface area is 120 Å². The molecule has 5 heteroatoms. The van der Waals surface area contributed by atoms with E-state index in [4.69, 9.17) is 4.42 Å². The number of nitrogens with one attached hydrogen (secondary N) is 1. The number of rotatable bonds is 5. The van der Waals surface area contributed by atoms with E-state index in [2.05, 4.69) is 54.5 Å². The molecule has 2 aromatic rings. The molecule has 0 saturated carbocycles. The van der Waals surface area contributed by atoms with Crippen molar-refractivity contribution in [3.05, 3.63) is 35.2 Å². The van der Waals surface area contributed by atoms with Gasteiger partial charge in [-0.05, 0) is 38.9 Å². The fourth-order valence-electron chi connectivity index (χ4n) is 2.22. The molecule has 1 atom stereocenters. The summed E-state index contributed by atoms with van der Waals surface area (Å²) < 4.78 is 5.74. The van der Waals surface area contributed by atoms with E-state index < -0.39 is 0 Å². The number of nitrogens with zero attached hydrogens (tertiary/aromatic N) is 3. The van der Waals surface area contributed by atoms with Crippen LogP contribution in [-0.4, -0.2) is 23.8 Å². The van der Waals surface area contributed by atoms with Gasteiger partial charge in [-0.2, -0.15) is 0 Å². The highest BCUT2D eigenvalue weighted by Gasteiger charge is 2.17. The largest absolute Gasteiger partial charge is 0.406 e. The lowest BCUT2D eigenvalue weighted by molar-refractivity contribution is 0.425. The van der Waals surface area contributed by atoms with E-state index >= 15 is 0 Å². The first-order valence-corrected chi connectivity index (χ1v) is 6.90. The van der Waals surface area contributed by atoms with Crippen LogP contribution >= 0.6 is 0 Å². The van der Waals surface area contributed by atoms with Crippen LogP contribution in [0.3, 0.4) is 0 Å². The minimum absolute atomic E-state index is 0.0637. The molecule has 5 nitrogen and oxygen atoms in total. The second-order valence-corrected chi connectivity index (χ2v) is 5.05. The quantitative estimate of drug-likeness (QED) is 0.907. The Morgan fingerprint density at radius 2 is 2.05 bits per heavy atom. The summed E-state index contributed by atoms with van der Waals surface area (Å²) in [6.45, 7) is 9.09. The minimum Gasteiger partial charge on any atom is -0.406 e. The average molecular weight is 274 g/mol. The van der Waals surface area contributed by atoms with E-state index in [0.717, 1.165) is 12.2 Å². The summed E-state index contributed by atoms with van der Waals surface area (Å²) >= 11 is 0.